The van der Waals surface area contributed by atoms with Gasteiger partial charge in [-0.25, -0.2) is 4.98 Å². The van der Waals surface area contributed by atoms with Gasteiger partial charge in [-0.05, 0) is 55.4 Å². The fraction of sp³-hybridized carbons (Fsp3) is 0.652. The highest BCUT2D eigenvalue weighted by atomic mass is 32.2. The van der Waals surface area contributed by atoms with Gasteiger partial charge in [0.2, 0.25) is 0 Å². The predicted octanol–water partition coefficient (Wildman–Crippen LogP) is 6.32. The number of rotatable bonds is 6. The van der Waals surface area contributed by atoms with Crippen LogP contribution in [0.25, 0.3) is 10.2 Å². The van der Waals surface area contributed by atoms with Crippen LogP contribution in [0.2, 0.25) is 0 Å². The molecule has 2 aromatic rings. The number of hydrogen-bond donors (Lipinski definition) is 0. The molecule has 0 N–H and O–H groups in total. The monoisotopic (exact) mass is 418 g/mol. The Balaban J connectivity index is 2.05. The molecule has 0 bridgehead atoms. The van der Waals surface area contributed by atoms with Crippen molar-refractivity contribution in [2.75, 3.05) is 5.75 Å². The molecule has 0 radical (unpaired) electrons. The van der Waals surface area contributed by atoms with Crippen molar-refractivity contribution >= 4 is 33.3 Å². The average molecular weight is 419 g/mol. The lowest BCUT2D eigenvalue weighted by atomic mass is 9.72. The van der Waals surface area contributed by atoms with Crippen molar-refractivity contribution in [3.05, 3.63) is 32.9 Å². The third-order valence-corrected chi connectivity index (χ3v) is 7.87. The quantitative estimate of drug-likeness (QED) is 0.313. The molecule has 0 aliphatic heterocycles. The van der Waals surface area contributed by atoms with E-state index in [1.165, 1.54) is 10.4 Å². The van der Waals surface area contributed by atoms with Crippen LogP contribution in [0.4, 0.5) is 0 Å². The van der Waals surface area contributed by atoms with Crippen LogP contribution in [-0.2, 0) is 19.4 Å². The van der Waals surface area contributed by atoms with E-state index in [9.17, 15) is 4.79 Å². The van der Waals surface area contributed by atoms with E-state index in [4.69, 9.17) is 4.98 Å². The molecule has 1 atom stereocenters. The maximum atomic E-state index is 13.5. The predicted molar refractivity (Wildman–Crippen MR) is 124 cm³/mol. The SMILES string of the molecule is C=C(C)Cn1c(SCCC(C)C)nc2sc3c(c2c1=O)CC[C@@H](C(C)(C)C)C3. The summed E-state index contributed by atoms with van der Waals surface area (Å²) < 4.78 is 1.86. The van der Waals surface area contributed by atoms with E-state index >= 15 is 0 Å². The standard InChI is InChI=1S/C23H34N2OS2/c1-14(2)10-11-27-22-24-20-19(21(26)25(22)13-15(3)4)17-9-8-16(23(5,6)7)12-18(17)28-20/h14,16H,3,8-13H2,1-2,4-7H3/t16-/m1/s1. The fourth-order valence-electron chi connectivity index (χ4n) is 3.88. The van der Waals surface area contributed by atoms with Gasteiger partial charge in [-0.2, -0.15) is 0 Å². The Labute approximate surface area is 177 Å². The highest BCUT2D eigenvalue weighted by Crippen LogP contribution is 2.42. The number of hydrogen-bond acceptors (Lipinski definition) is 4. The van der Waals surface area contributed by atoms with Gasteiger partial charge in [-0.1, -0.05) is 58.5 Å². The van der Waals surface area contributed by atoms with Gasteiger partial charge in [0.15, 0.2) is 5.16 Å². The summed E-state index contributed by atoms with van der Waals surface area (Å²) >= 11 is 3.47. The van der Waals surface area contributed by atoms with E-state index in [0.717, 1.165) is 52.4 Å². The van der Waals surface area contributed by atoms with Crippen molar-refractivity contribution in [2.45, 2.75) is 78.9 Å². The second-order valence-electron chi connectivity index (χ2n) is 9.76. The molecule has 2 aromatic heterocycles. The lowest BCUT2D eigenvalue weighted by Crippen LogP contribution is -2.27. The van der Waals surface area contributed by atoms with E-state index in [0.29, 0.717) is 23.8 Å². The summed E-state index contributed by atoms with van der Waals surface area (Å²) in [6.45, 7) is 18.0. The van der Waals surface area contributed by atoms with Crippen molar-refractivity contribution < 1.29 is 0 Å². The van der Waals surface area contributed by atoms with Crippen LogP contribution in [0.5, 0.6) is 0 Å². The second-order valence-corrected chi connectivity index (χ2v) is 11.9. The largest absolute Gasteiger partial charge is 0.283 e. The van der Waals surface area contributed by atoms with Crippen LogP contribution >= 0.6 is 23.1 Å². The van der Waals surface area contributed by atoms with E-state index in [-0.39, 0.29) is 5.56 Å². The number of allylic oxidation sites excluding steroid dienone is 1. The maximum absolute atomic E-state index is 13.5. The van der Waals surface area contributed by atoms with Gasteiger partial charge in [0, 0.05) is 17.2 Å². The molecule has 3 nitrogen and oxygen atoms in total. The molecule has 28 heavy (non-hydrogen) atoms. The second kappa shape index (κ2) is 8.35. The molecule has 0 spiro atoms. The summed E-state index contributed by atoms with van der Waals surface area (Å²) in [6.07, 6.45) is 4.36. The molecule has 1 aliphatic carbocycles. The maximum Gasteiger partial charge on any atom is 0.263 e. The summed E-state index contributed by atoms with van der Waals surface area (Å²) in [4.78, 5) is 20.8. The minimum Gasteiger partial charge on any atom is -0.283 e. The Kier molecular flexibility index (Phi) is 6.45. The van der Waals surface area contributed by atoms with E-state index < -0.39 is 0 Å². The topological polar surface area (TPSA) is 34.9 Å². The van der Waals surface area contributed by atoms with Gasteiger partial charge in [0.25, 0.3) is 5.56 Å². The Morgan fingerprint density at radius 3 is 2.71 bits per heavy atom. The molecule has 2 heterocycles. The summed E-state index contributed by atoms with van der Waals surface area (Å²) in [6, 6.07) is 0. The Morgan fingerprint density at radius 2 is 2.11 bits per heavy atom. The molecule has 3 rings (SSSR count). The van der Waals surface area contributed by atoms with Gasteiger partial charge in [0.05, 0.1) is 5.39 Å². The van der Waals surface area contributed by atoms with Gasteiger partial charge in [0.1, 0.15) is 4.83 Å². The molecular weight excluding hydrogens is 384 g/mol. The molecule has 0 saturated carbocycles. The molecule has 0 unspecified atom stereocenters. The van der Waals surface area contributed by atoms with Crippen LogP contribution < -0.4 is 5.56 Å². The third-order valence-electron chi connectivity index (χ3n) is 5.71. The molecular formula is C23H34N2OS2. The highest BCUT2D eigenvalue weighted by molar-refractivity contribution is 7.99. The molecule has 0 saturated heterocycles. The molecule has 0 fully saturated rings. The molecule has 1 aliphatic rings. The van der Waals surface area contributed by atoms with Gasteiger partial charge in [-0.15, -0.1) is 11.3 Å². The molecule has 0 amide bonds. The Morgan fingerprint density at radius 1 is 1.39 bits per heavy atom. The Hall–Kier alpha value is -1.07. The normalized spacial score (nSPS) is 17.3. The van der Waals surface area contributed by atoms with E-state index in [2.05, 4.69) is 41.2 Å². The first-order valence-corrected chi connectivity index (χ1v) is 12.2. The van der Waals surface area contributed by atoms with Crippen LogP contribution in [0.1, 0.15) is 64.8 Å². The highest BCUT2D eigenvalue weighted by Gasteiger charge is 2.32. The zero-order chi connectivity index (χ0) is 20.6. The lowest BCUT2D eigenvalue weighted by molar-refractivity contribution is 0.218. The average Bonchev–Trinajstić information content (AvgIpc) is 2.94. The number of nitrogens with zero attached hydrogens (tertiary/aromatic N) is 2. The van der Waals surface area contributed by atoms with Crippen molar-refractivity contribution in [1.29, 1.82) is 0 Å². The molecule has 154 valence electrons. The molecule has 0 aromatic carbocycles. The number of aromatic nitrogens is 2. The van der Waals surface area contributed by atoms with E-state index in [1.807, 2.05) is 11.5 Å². The van der Waals surface area contributed by atoms with Gasteiger partial charge < -0.3 is 0 Å². The smallest absolute Gasteiger partial charge is 0.263 e. The number of fused-ring (bicyclic) bond motifs is 3. The van der Waals surface area contributed by atoms with Gasteiger partial charge in [-0.3, -0.25) is 9.36 Å². The van der Waals surface area contributed by atoms with Crippen molar-refractivity contribution in [2.24, 2.45) is 17.3 Å². The number of thioether (sulfide) groups is 1. The molecule has 5 heteroatoms. The summed E-state index contributed by atoms with van der Waals surface area (Å²) in [5, 5.41) is 1.73. The van der Waals surface area contributed by atoms with Gasteiger partial charge >= 0.3 is 0 Å². The summed E-state index contributed by atoms with van der Waals surface area (Å²) in [5.74, 6) is 2.31. The van der Waals surface area contributed by atoms with Crippen LogP contribution in [-0.4, -0.2) is 15.3 Å². The first-order valence-electron chi connectivity index (χ1n) is 10.4. The summed E-state index contributed by atoms with van der Waals surface area (Å²) in [5.41, 5.74) is 2.70. The Bertz CT molecular complexity index is 931. The fourth-order valence-corrected chi connectivity index (χ4v) is 6.46. The van der Waals surface area contributed by atoms with Crippen LogP contribution in [0, 0.1) is 17.3 Å². The van der Waals surface area contributed by atoms with Crippen molar-refractivity contribution in [1.82, 2.24) is 9.55 Å². The third kappa shape index (κ3) is 4.56. The van der Waals surface area contributed by atoms with E-state index in [1.54, 1.807) is 23.1 Å². The minimum absolute atomic E-state index is 0.131. The van der Waals surface area contributed by atoms with Crippen molar-refractivity contribution in [3.8, 4) is 0 Å². The van der Waals surface area contributed by atoms with Crippen LogP contribution in [0.3, 0.4) is 0 Å². The zero-order valence-corrected chi connectivity index (χ0v) is 19.9. The minimum atomic E-state index is 0.131. The first-order chi connectivity index (χ1) is 13.1. The lowest BCUT2D eigenvalue weighted by Gasteiger charge is -2.33. The number of aryl methyl sites for hydroxylation is 1. The van der Waals surface area contributed by atoms with Crippen molar-refractivity contribution in [3.63, 3.8) is 0 Å². The van der Waals surface area contributed by atoms with Crippen LogP contribution in [0.15, 0.2) is 22.1 Å². The first kappa shape index (κ1) is 21.6. The zero-order valence-electron chi connectivity index (χ0n) is 18.2. The number of thiophene rings is 1. The summed E-state index contributed by atoms with van der Waals surface area (Å²) in [7, 11) is 0.